The number of allylic oxidation sites excluding steroid dienone is 26. The van der Waals surface area contributed by atoms with Crippen molar-refractivity contribution in [2.45, 2.75) is 264 Å². The molecule has 0 N–H and O–H groups in total. The van der Waals surface area contributed by atoms with Crippen LogP contribution >= 0.6 is 0 Å². The summed E-state index contributed by atoms with van der Waals surface area (Å²) < 4.78 is 16.8. The molecule has 0 rings (SSSR count). The molecule has 0 aliphatic heterocycles. The monoisotopic (exact) mass is 1070 g/mol. The molecule has 0 aliphatic rings. The van der Waals surface area contributed by atoms with Crippen LogP contribution in [-0.2, 0) is 28.6 Å². The molecule has 6 nitrogen and oxygen atoms in total. The van der Waals surface area contributed by atoms with E-state index in [9.17, 15) is 14.4 Å². The van der Waals surface area contributed by atoms with Crippen molar-refractivity contribution in [2.24, 2.45) is 0 Å². The lowest BCUT2D eigenvalue weighted by atomic mass is 10.1. The Balaban J connectivity index is 4.26. The lowest BCUT2D eigenvalue weighted by Crippen LogP contribution is -2.30. The van der Waals surface area contributed by atoms with Gasteiger partial charge in [-0.05, 0) is 148 Å². The Labute approximate surface area is 480 Å². The number of carbonyl (C=O) groups is 3. The van der Waals surface area contributed by atoms with E-state index in [4.69, 9.17) is 14.2 Å². The predicted molar refractivity (Wildman–Crippen MR) is 338 cm³/mol. The normalized spacial score (nSPS) is 13.2. The second-order valence-corrected chi connectivity index (χ2v) is 20.2. The third-order valence-electron chi connectivity index (χ3n) is 12.7. The molecule has 0 heterocycles. The van der Waals surface area contributed by atoms with Crippen LogP contribution in [0.1, 0.15) is 258 Å². The molecule has 0 spiro atoms. The molecule has 0 radical (unpaired) electrons. The van der Waals surface area contributed by atoms with Crippen LogP contribution in [-0.4, -0.2) is 37.2 Å². The minimum atomic E-state index is -0.807. The first-order valence-electron chi connectivity index (χ1n) is 31.5. The highest BCUT2D eigenvalue weighted by molar-refractivity contribution is 5.71. The van der Waals surface area contributed by atoms with Gasteiger partial charge in [0.1, 0.15) is 13.2 Å². The first kappa shape index (κ1) is 73.0. The van der Waals surface area contributed by atoms with Crippen LogP contribution in [0.25, 0.3) is 0 Å². The van der Waals surface area contributed by atoms with Crippen LogP contribution in [0.5, 0.6) is 0 Å². The predicted octanol–water partition coefficient (Wildman–Crippen LogP) is 21.7. The van der Waals surface area contributed by atoms with Crippen molar-refractivity contribution in [1.29, 1.82) is 0 Å². The van der Waals surface area contributed by atoms with Crippen LogP contribution < -0.4 is 0 Å². The zero-order chi connectivity index (χ0) is 56.4. The van der Waals surface area contributed by atoms with Gasteiger partial charge in [-0.3, -0.25) is 14.4 Å². The smallest absolute Gasteiger partial charge is 0.306 e. The van der Waals surface area contributed by atoms with Crippen LogP contribution in [0.15, 0.2) is 158 Å². The van der Waals surface area contributed by atoms with Gasteiger partial charge in [0.25, 0.3) is 0 Å². The molecule has 1 atom stereocenters. The van der Waals surface area contributed by atoms with Gasteiger partial charge in [0.05, 0.1) is 0 Å². The summed E-state index contributed by atoms with van der Waals surface area (Å²) in [6, 6.07) is 0. The highest BCUT2D eigenvalue weighted by Crippen LogP contribution is 2.14. The molecule has 6 heteroatoms. The van der Waals surface area contributed by atoms with E-state index in [2.05, 4.69) is 179 Å². The SMILES string of the molecule is CC/C=C\C/C=C\C/C=C\C/C=C\C/C=C\C/C=C\C/C=C\C/C=C\C/C=C\CCCCCCCCCC(=O)OCC(COC(=O)CCCCCCC/C=C\CCCCC)OC(=O)CCCCC/C=C\C/C=C\C/C=C\CC. The van der Waals surface area contributed by atoms with Gasteiger partial charge < -0.3 is 14.2 Å². The molecule has 0 aromatic rings. The fourth-order valence-corrected chi connectivity index (χ4v) is 8.09. The highest BCUT2D eigenvalue weighted by atomic mass is 16.6. The minimum Gasteiger partial charge on any atom is -0.462 e. The van der Waals surface area contributed by atoms with E-state index in [0.717, 1.165) is 161 Å². The van der Waals surface area contributed by atoms with Gasteiger partial charge in [0.15, 0.2) is 6.10 Å². The van der Waals surface area contributed by atoms with E-state index in [-0.39, 0.29) is 37.5 Å². The van der Waals surface area contributed by atoms with Gasteiger partial charge in [0.2, 0.25) is 0 Å². The summed E-state index contributed by atoms with van der Waals surface area (Å²) in [5.74, 6) is -0.958. The number of esters is 3. The Bertz CT molecular complexity index is 1760. The van der Waals surface area contributed by atoms with Gasteiger partial charge in [-0.2, -0.15) is 0 Å². The molecule has 78 heavy (non-hydrogen) atoms. The van der Waals surface area contributed by atoms with E-state index in [0.29, 0.717) is 12.8 Å². The standard InChI is InChI=1S/C72H114O6/c1-4-7-10-13-16-19-22-25-26-27-28-29-30-31-32-33-34-35-36-37-38-39-40-41-42-43-44-45-46-48-50-53-56-59-62-65-71(74)77-68-69(67-76-70(73)64-61-58-55-52-49-24-21-18-15-12-9-6-3)78-72(75)66-63-60-57-54-51-47-23-20-17-14-11-8-5-2/h7-8,10-11,16-21,25-26,28-29,31-32,34-35,37-38,40-41,43-44,47,51,69H,4-6,9,12-15,22-24,27,30,33,36,39,42,45-46,48-50,52-68H2,1-3H3/b10-7-,11-8-,19-16-,20-17-,21-18-,26-25-,29-28-,32-31-,35-34-,38-37-,41-40-,44-43-,51-47-. The van der Waals surface area contributed by atoms with Crippen LogP contribution in [0.3, 0.4) is 0 Å². The molecule has 0 aliphatic carbocycles. The van der Waals surface area contributed by atoms with E-state index in [1.807, 2.05) is 0 Å². The molecule has 0 amide bonds. The van der Waals surface area contributed by atoms with Crippen LogP contribution in [0, 0.1) is 0 Å². The maximum atomic E-state index is 12.8. The minimum absolute atomic E-state index is 0.103. The lowest BCUT2D eigenvalue weighted by molar-refractivity contribution is -0.167. The summed E-state index contributed by atoms with van der Waals surface area (Å²) in [5.41, 5.74) is 0. The fourth-order valence-electron chi connectivity index (χ4n) is 8.09. The first-order valence-corrected chi connectivity index (χ1v) is 31.5. The quantitative estimate of drug-likeness (QED) is 0.0261. The Kier molecular flexibility index (Phi) is 60.4. The third kappa shape index (κ3) is 61.9. The van der Waals surface area contributed by atoms with Gasteiger partial charge >= 0.3 is 17.9 Å². The Morgan fingerprint density at radius 2 is 0.500 bits per heavy atom. The maximum Gasteiger partial charge on any atom is 0.306 e. The number of ether oxygens (including phenoxy) is 3. The van der Waals surface area contributed by atoms with Gasteiger partial charge in [-0.1, -0.05) is 249 Å². The van der Waals surface area contributed by atoms with Crippen LogP contribution in [0.4, 0.5) is 0 Å². The van der Waals surface area contributed by atoms with E-state index < -0.39 is 6.10 Å². The van der Waals surface area contributed by atoms with Crippen molar-refractivity contribution in [3.63, 3.8) is 0 Å². The van der Waals surface area contributed by atoms with Crippen molar-refractivity contribution < 1.29 is 28.6 Å². The zero-order valence-corrected chi connectivity index (χ0v) is 50.1. The number of hydrogen-bond acceptors (Lipinski definition) is 6. The second kappa shape index (κ2) is 64.6. The molecule has 438 valence electrons. The summed E-state index contributed by atoms with van der Waals surface area (Å²) in [6.07, 6.45) is 94.0. The molecule has 0 aromatic carbocycles. The Morgan fingerprint density at radius 1 is 0.269 bits per heavy atom. The van der Waals surface area contributed by atoms with E-state index in [1.54, 1.807) is 0 Å². The summed E-state index contributed by atoms with van der Waals surface area (Å²) in [4.78, 5) is 38.1. The average Bonchev–Trinajstić information content (AvgIpc) is 3.44. The zero-order valence-electron chi connectivity index (χ0n) is 50.1. The second-order valence-electron chi connectivity index (χ2n) is 20.2. The topological polar surface area (TPSA) is 78.9 Å². The van der Waals surface area contributed by atoms with E-state index >= 15 is 0 Å². The fraction of sp³-hybridized carbons (Fsp3) is 0.597. The number of hydrogen-bond donors (Lipinski definition) is 0. The van der Waals surface area contributed by atoms with Crippen molar-refractivity contribution in [3.05, 3.63) is 158 Å². The van der Waals surface area contributed by atoms with Crippen molar-refractivity contribution in [1.82, 2.24) is 0 Å². The van der Waals surface area contributed by atoms with Crippen LogP contribution in [0.2, 0.25) is 0 Å². The molecular weight excluding hydrogens is 961 g/mol. The van der Waals surface area contributed by atoms with E-state index in [1.165, 1.54) is 57.8 Å². The highest BCUT2D eigenvalue weighted by Gasteiger charge is 2.19. The summed E-state index contributed by atoms with van der Waals surface area (Å²) in [6.45, 7) is 6.33. The van der Waals surface area contributed by atoms with Crippen molar-refractivity contribution >= 4 is 17.9 Å². The van der Waals surface area contributed by atoms with Crippen molar-refractivity contribution in [3.8, 4) is 0 Å². The molecule has 0 saturated heterocycles. The third-order valence-corrected chi connectivity index (χ3v) is 12.7. The molecule has 1 unspecified atom stereocenters. The molecule has 0 fully saturated rings. The van der Waals surface area contributed by atoms with Gasteiger partial charge in [0, 0.05) is 19.3 Å². The van der Waals surface area contributed by atoms with Crippen molar-refractivity contribution in [2.75, 3.05) is 13.2 Å². The summed E-state index contributed by atoms with van der Waals surface area (Å²) in [7, 11) is 0. The molecule has 0 aromatic heterocycles. The maximum absolute atomic E-state index is 12.8. The number of unbranched alkanes of at least 4 members (excludes halogenated alkanes) is 18. The average molecular weight is 1080 g/mol. The Hall–Kier alpha value is -4.97. The summed E-state index contributed by atoms with van der Waals surface area (Å²) >= 11 is 0. The molecule has 0 saturated carbocycles. The summed E-state index contributed by atoms with van der Waals surface area (Å²) in [5, 5.41) is 0. The lowest BCUT2D eigenvalue weighted by Gasteiger charge is -2.18. The van der Waals surface area contributed by atoms with Gasteiger partial charge in [-0.15, -0.1) is 0 Å². The first-order chi connectivity index (χ1) is 38.5. The van der Waals surface area contributed by atoms with Gasteiger partial charge in [-0.25, -0.2) is 0 Å². The number of carbonyl (C=O) groups excluding carboxylic acids is 3. The number of rotatable bonds is 55. The largest absolute Gasteiger partial charge is 0.462 e. The molecule has 0 bridgehead atoms. The molecular formula is C72H114O6. The Morgan fingerprint density at radius 3 is 0.808 bits per heavy atom.